The van der Waals surface area contributed by atoms with Gasteiger partial charge in [-0.15, -0.1) is 0 Å². The molecule has 1 saturated heterocycles. The zero-order valence-electron chi connectivity index (χ0n) is 17.1. The van der Waals surface area contributed by atoms with E-state index in [1.54, 1.807) is 37.1 Å². The molecule has 0 N–H and O–H groups in total. The van der Waals surface area contributed by atoms with E-state index >= 15 is 0 Å². The second kappa shape index (κ2) is 8.57. The van der Waals surface area contributed by atoms with E-state index in [9.17, 15) is 9.59 Å². The molecule has 30 heavy (non-hydrogen) atoms. The highest BCUT2D eigenvalue weighted by Crippen LogP contribution is 2.28. The van der Waals surface area contributed by atoms with Crippen molar-refractivity contribution in [2.24, 2.45) is 5.92 Å². The highest BCUT2D eigenvalue weighted by Gasteiger charge is 2.30. The minimum atomic E-state index is -0.267. The monoisotopic (exact) mass is 408 g/mol. The number of oxazole rings is 1. The fraction of sp³-hybridized carbons (Fsp3) is 0.348. The standard InChI is InChI=1S/C23H24N2O5/c1-3-29-23(27)17-7-5-11-25(14-17)22(26)16-9-10-19-20(13-16)30-21(24-19)15-6-4-8-18(12-15)28-2/h4,6,8-10,12-13,17H,3,5,7,11,14H2,1-2H3/t17-/m1/s1. The first-order valence-corrected chi connectivity index (χ1v) is 10.1. The van der Waals surface area contributed by atoms with E-state index in [2.05, 4.69) is 4.98 Å². The molecule has 1 amide bonds. The maximum atomic E-state index is 13.0. The third-order valence-corrected chi connectivity index (χ3v) is 5.28. The number of aromatic nitrogens is 1. The molecule has 156 valence electrons. The first-order valence-electron chi connectivity index (χ1n) is 10.1. The largest absolute Gasteiger partial charge is 0.497 e. The van der Waals surface area contributed by atoms with Crippen LogP contribution in [0.15, 0.2) is 46.9 Å². The Balaban J connectivity index is 1.55. The normalized spacial score (nSPS) is 16.5. The van der Waals surface area contributed by atoms with Gasteiger partial charge in [0.1, 0.15) is 11.3 Å². The molecule has 2 aromatic carbocycles. The Hall–Kier alpha value is -3.35. The number of benzene rings is 2. The molecular formula is C23H24N2O5. The zero-order chi connectivity index (χ0) is 21.1. The van der Waals surface area contributed by atoms with E-state index in [4.69, 9.17) is 13.9 Å². The fourth-order valence-electron chi connectivity index (χ4n) is 3.73. The van der Waals surface area contributed by atoms with Crippen LogP contribution in [0, 0.1) is 5.92 Å². The van der Waals surface area contributed by atoms with Gasteiger partial charge in [-0.2, -0.15) is 0 Å². The second-order valence-electron chi connectivity index (χ2n) is 7.28. The van der Waals surface area contributed by atoms with Crippen molar-refractivity contribution in [2.75, 3.05) is 26.8 Å². The van der Waals surface area contributed by atoms with Gasteiger partial charge in [0, 0.05) is 24.2 Å². The van der Waals surface area contributed by atoms with Crippen molar-refractivity contribution in [3.05, 3.63) is 48.0 Å². The Bertz CT molecular complexity index is 1070. The lowest BCUT2D eigenvalue weighted by Gasteiger charge is -2.31. The number of methoxy groups -OCH3 is 1. The molecule has 1 aliphatic rings. The highest BCUT2D eigenvalue weighted by atomic mass is 16.5. The number of likely N-dealkylation sites (tertiary alicyclic amines) is 1. The maximum Gasteiger partial charge on any atom is 0.310 e. The number of piperidine rings is 1. The summed E-state index contributed by atoms with van der Waals surface area (Å²) in [4.78, 5) is 31.3. The van der Waals surface area contributed by atoms with Crippen LogP contribution in [0.3, 0.4) is 0 Å². The molecule has 7 nitrogen and oxygen atoms in total. The van der Waals surface area contributed by atoms with Crippen LogP contribution in [0.2, 0.25) is 0 Å². The molecule has 0 radical (unpaired) electrons. The van der Waals surface area contributed by atoms with Crippen molar-refractivity contribution >= 4 is 23.0 Å². The summed E-state index contributed by atoms with van der Waals surface area (Å²) < 4.78 is 16.3. The lowest BCUT2D eigenvalue weighted by molar-refractivity contribution is -0.149. The summed E-state index contributed by atoms with van der Waals surface area (Å²) in [5.74, 6) is 0.561. The summed E-state index contributed by atoms with van der Waals surface area (Å²) in [5.41, 5.74) is 2.53. The van der Waals surface area contributed by atoms with Gasteiger partial charge >= 0.3 is 5.97 Å². The van der Waals surface area contributed by atoms with E-state index in [1.807, 2.05) is 24.3 Å². The van der Waals surface area contributed by atoms with Crippen LogP contribution in [-0.2, 0) is 9.53 Å². The number of nitrogens with zero attached hydrogens (tertiary/aromatic N) is 2. The van der Waals surface area contributed by atoms with E-state index in [0.717, 1.165) is 18.4 Å². The summed E-state index contributed by atoms with van der Waals surface area (Å²) >= 11 is 0. The molecule has 0 spiro atoms. The quantitative estimate of drug-likeness (QED) is 0.595. The molecule has 0 bridgehead atoms. The highest BCUT2D eigenvalue weighted by molar-refractivity contribution is 5.97. The van der Waals surface area contributed by atoms with Crippen LogP contribution in [-0.4, -0.2) is 48.6 Å². The Kier molecular flexibility index (Phi) is 5.70. The van der Waals surface area contributed by atoms with Crippen molar-refractivity contribution in [3.8, 4) is 17.2 Å². The first kappa shape index (κ1) is 19.9. The molecule has 1 aliphatic heterocycles. The summed E-state index contributed by atoms with van der Waals surface area (Å²) in [6.07, 6.45) is 1.52. The van der Waals surface area contributed by atoms with Crippen LogP contribution < -0.4 is 4.74 Å². The molecule has 4 rings (SSSR count). The number of hydrogen-bond acceptors (Lipinski definition) is 6. The van der Waals surface area contributed by atoms with Gasteiger partial charge in [-0.3, -0.25) is 9.59 Å². The lowest BCUT2D eigenvalue weighted by Crippen LogP contribution is -2.42. The summed E-state index contributed by atoms with van der Waals surface area (Å²) in [6.45, 7) is 3.14. The Labute approximate surface area is 174 Å². The van der Waals surface area contributed by atoms with Crippen LogP contribution in [0.5, 0.6) is 5.75 Å². The molecule has 0 unspecified atom stereocenters. The van der Waals surface area contributed by atoms with Crippen LogP contribution >= 0.6 is 0 Å². The van der Waals surface area contributed by atoms with Gasteiger partial charge in [-0.05, 0) is 56.2 Å². The van der Waals surface area contributed by atoms with Crippen LogP contribution in [0.1, 0.15) is 30.1 Å². The molecule has 1 aromatic heterocycles. The van der Waals surface area contributed by atoms with Gasteiger partial charge in [0.25, 0.3) is 5.91 Å². The lowest BCUT2D eigenvalue weighted by atomic mass is 9.97. The van der Waals surface area contributed by atoms with Gasteiger partial charge in [0.2, 0.25) is 5.89 Å². The number of ether oxygens (including phenoxy) is 2. The van der Waals surface area contributed by atoms with E-state index in [1.165, 1.54) is 0 Å². The molecule has 0 aliphatic carbocycles. The Morgan fingerprint density at radius 1 is 1.23 bits per heavy atom. The van der Waals surface area contributed by atoms with Gasteiger partial charge in [0.15, 0.2) is 5.58 Å². The van der Waals surface area contributed by atoms with Gasteiger partial charge in [-0.1, -0.05) is 6.07 Å². The second-order valence-corrected chi connectivity index (χ2v) is 7.28. The van der Waals surface area contributed by atoms with Crippen molar-refractivity contribution in [3.63, 3.8) is 0 Å². The maximum absolute atomic E-state index is 13.0. The molecule has 1 atom stereocenters. The number of hydrogen-bond donors (Lipinski definition) is 0. The molecule has 1 fully saturated rings. The molecule has 7 heteroatoms. The van der Waals surface area contributed by atoms with Gasteiger partial charge in [0.05, 0.1) is 19.6 Å². The fourth-order valence-corrected chi connectivity index (χ4v) is 3.73. The summed E-state index contributed by atoms with van der Waals surface area (Å²) in [6, 6.07) is 12.7. The molecule has 3 aromatic rings. The third kappa shape index (κ3) is 4.01. The molecule has 0 saturated carbocycles. The Morgan fingerprint density at radius 2 is 2.10 bits per heavy atom. The SMILES string of the molecule is CCOC(=O)[C@@H]1CCCN(C(=O)c2ccc3nc(-c4cccc(OC)c4)oc3c2)C1. The molecular weight excluding hydrogens is 384 g/mol. The third-order valence-electron chi connectivity index (χ3n) is 5.28. The Morgan fingerprint density at radius 3 is 2.90 bits per heavy atom. The predicted octanol–water partition coefficient (Wildman–Crippen LogP) is 3.92. The zero-order valence-corrected chi connectivity index (χ0v) is 17.1. The average molecular weight is 408 g/mol. The number of amides is 1. The van der Waals surface area contributed by atoms with Gasteiger partial charge in [-0.25, -0.2) is 4.98 Å². The summed E-state index contributed by atoms with van der Waals surface area (Å²) in [5, 5.41) is 0. The summed E-state index contributed by atoms with van der Waals surface area (Å²) in [7, 11) is 1.61. The number of carbonyl (C=O) groups excluding carboxylic acids is 2. The average Bonchev–Trinajstić information content (AvgIpc) is 3.22. The first-order chi connectivity index (χ1) is 14.6. The van der Waals surface area contributed by atoms with E-state index in [-0.39, 0.29) is 17.8 Å². The topological polar surface area (TPSA) is 81.9 Å². The van der Waals surface area contributed by atoms with Crippen molar-refractivity contribution in [1.29, 1.82) is 0 Å². The molecule has 2 heterocycles. The number of esters is 1. The number of fused-ring (bicyclic) bond motifs is 1. The van der Waals surface area contributed by atoms with Crippen LogP contribution in [0.25, 0.3) is 22.6 Å². The van der Waals surface area contributed by atoms with E-state index < -0.39 is 0 Å². The number of carbonyl (C=O) groups is 2. The van der Waals surface area contributed by atoms with Crippen LogP contribution in [0.4, 0.5) is 0 Å². The van der Waals surface area contributed by atoms with E-state index in [0.29, 0.717) is 48.0 Å². The minimum absolute atomic E-state index is 0.120. The van der Waals surface area contributed by atoms with Crippen molar-refractivity contribution < 1.29 is 23.5 Å². The van der Waals surface area contributed by atoms with Crippen molar-refractivity contribution in [1.82, 2.24) is 9.88 Å². The minimum Gasteiger partial charge on any atom is -0.497 e. The number of rotatable bonds is 5. The smallest absolute Gasteiger partial charge is 0.310 e. The van der Waals surface area contributed by atoms with Crippen molar-refractivity contribution in [2.45, 2.75) is 19.8 Å². The predicted molar refractivity (Wildman–Crippen MR) is 111 cm³/mol. The van der Waals surface area contributed by atoms with Gasteiger partial charge < -0.3 is 18.8 Å².